The Bertz CT molecular complexity index is 291. The summed E-state index contributed by atoms with van der Waals surface area (Å²) in [6.45, 7) is -0.757. The summed E-state index contributed by atoms with van der Waals surface area (Å²) < 4.78 is 30.6. The minimum absolute atomic E-state index is 0.158. The van der Waals surface area contributed by atoms with Crippen LogP contribution in [0.5, 0.6) is 5.88 Å². The van der Waals surface area contributed by atoms with Crippen LogP contribution in [0.2, 0.25) is 0 Å². The van der Waals surface area contributed by atoms with E-state index in [4.69, 9.17) is 10.5 Å². The van der Waals surface area contributed by atoms with Gasteiger partial charge in [-0.05, 0) is 6.07 Å². The second kappa shape index (κ2) is 3.66. The van der Waals surface area contributed by atoms with Crippen molar-refractivity contribution in [2.24, 2.45) is 5.73 Å². The number of hydrogen-bond acceptors (Lipinski definition) is 3. The first-order valence-corrected chi connectivity index (χ1v) is 3.69. The van der Waals surface area contributed by atoms with E-state index in [0.29, 0.717) is 0 Å². The third-order valence-electron chi connectivity index (χ3n) is 1.56. The highest BCUT2D eigenvalue weighted by atomic mass is 19.3. The zero-order valence-electron chi connectivity index (χ0n) is 7.13. The van der Waals surface area contributed by atoms with Crippen LogP contribution < -0.4 is 10.5 Å². The molecule has 2 N–H and O–H groups in total. The minimum Gasteiger partial charge on any atom is -0.481 e. The predicted octanol–water partition coefficient (Wildman–Crippen LogP) is 1.14. The van der Waals surface area contributed by atoms with Gasteiger partial charge in [-0.3, -0.25) is 0 Å². The third kappa shape index (κ3) is 2.12. The molecule has 1 heterocycles. The first kappa shape index (κ1) is 9.85. The van der Waals surface area contributed by atoms with Crippen LogP contribution in [0, 0.1) is 0 Å². The number of methoxy groups -OCH3 is 1. The number of halogens is 2. The van der Waals surface area contributed by atoms with Crippen LogP contribution in [0.1, 0.15) is 5.69 Å². The summed E-state index contributed by atoms with van der Waals surface area (Å²) in [6.07, 6.45) is 0. The van der Waals surface area contributed by atoms with Gasteiger partial charge >= 0.3 is 5.92 Å². The predicted molar refractivity (Wildman–Crippen MR) is 43.7 cm³/mol. The second-order valence-corrected chi connectivity index (χ2v) is 2.47. The Morgan fingerprint density at radius 1 is 1.54 bits per heavy atom. The van der Waals surface area contributed by atoms with Crippen molar-refractivity contribution >= 4 is 0 Å². The van der Waals surface area contributed by atoms with Crippen LogP contribution in [-0.2, 0) is 5.92 Å². The Hall–Kier alpha value is -1.23. The quantitative estimate of drug-likeness (QED) is 0.773. The molecule has 0 aliphatic rings. The standard InChI is InChI=1S/C8H10F2N2O/c1-13-7-4-2-3-6(12-7)8(9,10)5-11/h2-4H,5,11H2,1H3. The van der Waals surface area contributed by atoms with Crippen molar-refractivity contribution in [3.63, 3.8) is 0 Å². The molecule has 0 bridgehead atoms. The molecule has 0 atom stereocenters. The number of aromatic nitrogens is 1. The molecule has 0 amide bonds. The highest BCUT2D eigenvalue weighted by molar-refractivity contribution is 5.19. The zero-order valence-corrected chi connectivity index (χ0v) is 7.13. The van der Waals surface area contributed by atoms with E-state index in [2.05, 4.69) is 4.98 Å². The summed E-state index contributed by atoms with van der Waals surface area (Å²) in [7, 11) is 1.37. The molecule has 0 radical (unpaired) electrons. The number of pyridine rings is 1. The number of nitrogens with two attached hydrogens (primary N) is 1. The van der Waals surface area contributed by atoms with Crippen molar-refractivity contribution in [3.05, 3.63) is 23.9 Å². The van der Waals surface area contributed by atoms with Crippen molar-refractivity contribution < 1.29 is 13.5 Å². The topological polar surface area (TPSA) is 48.1 Å². The number of alkyl halides is 2. The average molecular weight is 188 g/mol. The summed E-state index contributed by atoms with van der Waals surface area (Å²) in [5.41, 5.74) is 4.53. The van der Waals surface area contributed by atoms with E-state index in [-0.39, 0.29) is 11.6 Å². The highest BCUT2D eigenvalue weighted by Crippen LogP contribution is 2.25. The molecule has 0 fully saturated rings. The Morgan fingerprint density at radius 2 is 2.23 bits per heavy atom. The Labute approximate surface area is 74.5 Å². The number of nitrogens with zero attached hydrogens (tertiary/aromatic N) is 1. The third-order valence-corrected chi connectivity index (χ3v) is 1.56. The van der Waals surface area contributed by atoms with E-state index in [9.17, 15) is 8.78 Å². The molecule has 0 unspecified atom stereocenters. The van der Waals surface area contributed by atoms with Crippen LogP contribution in [-0.4, -0.2) is 18.6 Å². The smallest absolute Gasteiger partial charge is 0.301 e. The molecule has 0 saturated heterocycles. The summed E-state index contributed by atoms with van der Waals surface area (Å²) >= 11 is 0. The van der Waals surface area contributed by atoms with Gasteiger partial charge in [0.05, 0.1) is 13.7 Å². The van der Waals surface area contributed by atoms with E-state index in [1.165, 1.54) is 25.3 Å². The fourth-order valence-corrected chi connectivity index (χ4v) is 0.837. The lowest BCUT2D eigenvalue weighted by Crippen LogP contribution is -2.26. The van der Waals surface area contributed by atoms with E-state index >= 15 is 0 Å². The maximum atomic E-state index is 13.0. The van der Waals surface area contributed by atoms with Gasteiger partial charge in [-0.15, -0.1) is 0 Å². The Kier molecular flexibility index (Phi) is 2.77. The van der Waals surface area contributed by atoms with Crippen LogP contribution >= 0.6 is 0 Å². The fourth-order valence-electron chi connectivity index (χ4n) is 0.837. The summed E-state index contributed by atoms with van der Waals surface area (Å²) in [6, 6.07) is 4.16. The monoisotopic (exact) mass is 188 g/mol. The van der Waals surface area contributed by atoms with Crippen LogP contribution in [0.4, 0.5) is 8.78 Å². The molecule has 0 aliphatic heterocycles. The van der Waals surface area contributed by atoms with Gasteiger partial charge in [0.15, 0.2) is 0 Å². The fraction of sp³-hybridized carbons (Fsp3) is 0.375. The Balaban J connectivity index is 3.01. The number of rotatable bonds is 3. The van der Waals surface area contributed by atoms with Crippen LogP contribution in [0.3, 0.4) is 0 Å². The molecule has 0 aromatic carbocycles. The van der Waals surface area contributed by atoms with Gasteiger partial charge in [0.25, 0.3) is 0 Å². The molecule has 1 aromatic heterocycles. The molecule has 1 rings (SSSR count). The second-order valence-electron chi connectivity index (χ2n) is 2.47. The van der Waals surface area contributed by atoms with Crippen molar-refractivity contribution in [1.82, 2.24) is 4.98 Å². The number of hydrogen-bond donors (Lipinski definition) is 1. The van der Waals surface area contributed by atoms with Gasteiger partial charge < -0.3 is 10.5 Å². The molecule has 0 spiro atoms. The molecular weight excluding hydrogens is 178 g/mol. The maximum Gasteiger partial charge on any atom is 0.301 e. The van der Waals surface area contributed by atoms with Crippen LogP contribution in [0.25, 0.3) is 0 Å². The average Bonchev–Trinajstić information content (AvgIpc) is 2.18. The maximum absolute atomic E-state index is 13.0. The van der Waals surface area contributed by atoms with Crippen molar-refractivity contribution in [2.75, 3.05) is 13.7 Å². The first-order chi connectivity index (χ1) is 6.10. The van der Waals surface area contributed by atoms with Gasteiger partial charge in [-0.2, -0.15) is 8.78 Å². The normalized spacial score (nSPS) is 11.4. The lowest BCUT2D eigenvalue weighted by molar-refractivity contribution is 0.000903. The zero-order chi connectivity index (χ0) is 9.90. The van der Waals surface area contributed by atoms with Crippen molar-refractivity contribution in [1.29, 1.82) is 0 Å². The van der Waals surface area contributed by atoms with Gasteiger partial charge in [-0.1, -0.05) is 6.07 Å². The SMILES string of the molecule is COc1cccc(C(F)(F)CN)n1. The summed E-state index contributed by atoms with van der Waals surface area (Å²) in [5, 5.41) is 0. The van der Waals surface area contributed by atoms with E-state index in [0.717, 1.165) is 0 Å². The van der Waals surface area contributed by atoms with E-state index in [1.54, 1.807) is 0 Å². The molecule has 3 nitrogen and oxygen atoms in total. The lowest BCUT2D eigenvalue weighted by Gasteiger charge is -2.13. The van der Waals surface area contributed by atoms with Crippen molar-refractivity contribution in [3.8, 4) is 5.88 Å². The van der Waals surface area contributed by atoms with E-state index in [1.807, 2.05) is 0 Å². The largest absolute Gasteiger partial charge is 0.481 e. The molecule has 0 aliphatic carbocycles. The van der Waals surface area contributed by atoms with Gasteiger partial charge in [-0.25, -0.2) is 4.98 Å². The van der Waals surface area contributed by atoms with Gasteiger partial charge in [0, 0.05) is 6.07 Å². The molecule has 5 heteroatoms. The molecular formula is C8H10F2N2O. The van der Waals surface area contributed by atoms with E-state index < -0.39 is 12.5 Å². The first-order valence-electron chi connectivity index (χ1n) is 3.69. The minimum atomic E-state index is -3.09. The molecule has 1 aromatic rings. The molecule has 0 saturated carbocycles. The van der Waals surface area contributed by atoms with Gasteiger partial charge in [0.2, 0.25) is 5.88 Å². The molecule has 72 valence electrons. The lowest BCUT2D eigenvalue weighted by atomic mass is 10.2. The van der Waals surface area contributed by atoms with Gasteiger partial charge in [0.1, 0.15) is 5.69 Å². The number of ether oxygens (including phenoxy) is 1. The van der Waals surface area contributed by atoms with Crippen molar-refractivity contribution in [2.45, 2.75) is 5.92 Å². The highest BCUT2D eigenvalue weighted by Gasteiger charge is 2.31. The summed E-state index contributed by atoms with van der Waals surface area (Å²) in [5.74, 6) is -2.93. The summed E-state index contributed by atoms with van der Waals surface area (Å²) in [4.78, 5) is 3.58. The molecule has 13 heavy (non-hydrogen) atoms. The van der Waals surface area contributed by atoms with Crippen LogP contribution in [0.15, 0.2) is 18.2 Å². The Morgan fingerprint density at radius 3 is 2.77 bits per heavy atom.